The lowest BCUT2D eigenvalue weighted by Crippen LogP contribution is -2.04. The number of hydrogen-bond acceptors (Lipinski definition) is 2. The Morgan fingerprint density at radius 2 is 1.50 bits per heavy atom. The molecule has 2 nitrogen and oxygen atoms in total. The maximum absolute atomic E-state index is 13.0. The molecular weight excluding hydrogens is 236 g/mol. The number of halogens is 2. The Morgan fingerprint density at radius 1 is 0.944 bits per heavy atom. The second-order valence-electron chi connectivity index (χ2n) is 4.06. The van der Waals surface area contributed by atoms with Gasteiger partial charge in [-0.3, -0.25) is 0 Å². The highest BCUT2D eigenvalue weighted by Gasteiger charge is 2.04. The van der Waals surface area contributed by atoms with Gasteiger partial charge in [-0.25, -0.2) is 8.78 Å². The molecule has 0 saturated carbocycles. The van der Waals surface area contributed by atoms with Crippen molar-refractivity contribution in [2.45, 2.75) is 13.0 Å². The largest absolute Gasteiger partial charge is 0.457 e. The van der Waals surface area contributed by atoms with Crippen molar-refractivity contribution in [3.05, 3.63) is 59.7 Å². The van der Waals surface area contributed by atoms with Crippen LogP contribution in [0.5, 0.6) is 11.5 Å². The highest BCUT2D eigenvalue weighted by atomic mass is 19.1. The van der Waals surface area contributed by atoms with Gasteiger partial charge in [0, 0.05) is 24.2 Å². The smallest absolute Gasteiger partial charge is 0.133 e. The Labute approximate surface area is 104 Å². The molecule has 4 heteroatoms. The molecule has 2 aromatic rings. The first-order valence-electron chi connectivity index (χ1n) is 5.54. The van der Waals surface area contributed by atoms with Gasteiger partial charge in [0.1, 0.15) is 23.1 Å². The van der Waals surface area contributed by atoms with Gasteiger partial charge in [0.25, 0.3) is 0 Å². The zero-order chi connectivity index (χ0) is 13.1. The molecular formula is C14H13F2NO. The van der Waals surface area contributed by atoms with Crippen LogP contribution in [0, 0.1) is 11.6 Å². The maximum atomic E-state index is 13.0. The second kappa shape index (κ2) is 5.14. The molecule has 0 bridgehead atoms. The SMILES string of the molecule is C[C@H](N)c1ccc(Oc2cc(F)cc(F)c2)cc1. The first-order valence-corrected chi connectivity index (χ1v) is 5.54. The Hall–Kier alpha value is -1.94. The summed E-state index contributed by atoms with van der Waals surface area (Å²) in [5.41, 5.74) is 6.68. The lowest BCUT2D eigenvalue weighted by Gasteiger charge is -2.08. The van der Waals surface area contributed by atoms with Gasteiger partial charge in [-0.05, 0) is 24.6 Å². The summed E-state index contributed by atoms with van der Waals surface area (Å²) in [6, 6.07) is 10.0. The van der Waals surface area contributed by atoms with Crippen LogP contribution in [-0.2, 0) is 0 Å². The molecule has 0 saturated heterocycles. The molecule has 0 radical (unpaired) electrons. The van der Waals surface area contributed by atoms with Crippen molar-refractivity contribution in [2.75, 3.05) is 0 Å². The Kier molecular flexibility index (Phi) is 3.58. The average Bonchev–Trinajstić information content (AvgIpc) is 2.28. The molecule has 2 rings (SSSR count). The topological polar surface area (TPSA) is 35.2 Å². The van der Waals surface area contributed by atoms with Gasteiger partial charge in [0.05, 0.1) is 0 Å². The molecule has 0 fully saturated rings. The van der Waals surface area contributed by atoms with E-state index in [1.165, 1.54) is 0 Å². The molecule has 94 valence electrons. The fourth-order valence-electron chi connectivity index (χ4n) is 1.56. The van der Waals surface area contributed by atoms with Crippen molar-refractivity contribution in [3.8, 4) is 11.5 Å². The summed E-state index contributed by atoms with van der Waals surface area (Å²) in [7, 11) is 0. The normalized spacial score (nSPS) is 12.2. The zero-order valence-electron chi connectivity index (χ0n) is 9.86. The zero-order valence-corrected chi connectivity index (χ0v) is 9.86. The molecule has 0 aliphatic rings. The van der Waals surface area contributed by atoms with E-state index in [4.69, 9.17) is 10.5 Å². The van der Waals surface area contributed by atoms with Crippen LogP contribution in [0.15, 0.2) is 42.5 Å². The van der Waals surface area contributed by atoms with Gasteiger partial charge in [0.2, 0.25) is 0 Å². The van der Waals surface area contributed by atoms with E-state index in [0.717, 1.165) is 23.8 Å². The van der Waals surface area contributed by atoms with Crippen LogP contribution < -0.4 is 10.5 Å². The molecule has 0 aromatic heterocycles. The monoisotopic (exact) mass is 249 g/mol. The van der Waals surface area contributed by atoms with Gasteiger partial charge >= 0.3 is 0 Å². The van der Waals surface area contributed by atoms with Crippen molar-refractivity contribution in [2.24, 2.45) is 5.73 Å². The van der Waals surface area contributed by atoms with Crippen molar-refractivity contribution in [1.29, 1.82) is 0 Å². The number of ether oxygens (including phenoxy) is 1. The summed E-state index contributed by atoms with van der Waals surface area (Å²) in [6.07, 6.45) is 0. The maximum Gasteiger partial charge on any atom is 0.133 e. The summed E-state index contributed by atoms with van der Waals surface area (Å²) in [6.45, 7) is 1.87. The van der Waals surface area contributed by atoms with Crippen molar-refractivity contribution in [1.82, 2.24) is 0 Å². The lowest BCUT2D eigenvalue weighted by molar-refractivity contribution is 0.468. The lowest BCUT2D eigenvalue weighted by atomic mass is 10.1. The third kappa shape index (κ3) is 3.05. The van der Waals surface area contributed by atoms with Crippen LogP contribution in [0.3, 0.4) is 0 Å². The van der Waals surface area contributed by atoms with Crippen LogP contribution >= 0.6 is 0 Å². The van der Waals surface area contributed by atoms with Crippen LogP contribution in [0.1, 0.15) is 18.5 Å². The summed E-state index contributed by atoms with van der Waals surface area (Å²) < 4.78 is 31.3. The third-order valence-electron chi connectivity index (χ3n) is 2.48. The highest BCUT2D eigenvalue weighted by molar-refractivity contribution is 5.34. The van der Waals surface area contributed by atoms with E-state index in [9.17, 15) is 8.78 Å². The molecule has 1 atom stereocenters. The molecule has 0 heterocycles. The van der Waals surface area contributed by atoms with E-state index in [1.54, 1.807) is 12.1 Å². The molecule has 0 amide bonds. The fourth-order valence-corrected chi connectivity index (χ4v) is 1.56. The van der Waals surface area contributed by atoms with Crippen molar-refractivity contribution >= 4 is 0 Å². The molecule has 0 spiro atoms. The van der Waals surface area contributed by atoms with Crippen LogP contribution in [0.2, 0.25) is 0 Å². The Morgan fingerprint density at radius 3 is 2.00 bits per heavy atom. The predicted molar refractivity (Wildman–Crippen MR) is 65.5 cm³/mol. The minimum absolute atomic E-state index is 0.0642. The van der Waals surface area contributed by atoms with E-state index >= 15 is 0 Å². The van der Waals surface area contributed by atoms with Gasteiger partial charge in [-0.2, -0.15) is 0 Å². The number of benzene rings is 2. The van der Waals surface area contributed by atoms with E-state index in [1.807, 2.05) is 19.1 Å². The van der Waals surface area contributed by atoms with E-state index < -0.39 is 11.6 Å². The third-order valence-corrected chi connectivity index (χ3v) is 2.48. The quantitative estimate of drug-likeness (QED) is 0.898. The Bertz CT molecular complexity index is 518. The standard InChI is InChI=1S/C14H13F2NO/c1-9(17)10-2-4-13(5-3-10)18-14-7-11(15)6-12(16)8-14/h2-9H,17H2,1H3/t9-/m0/s1. The first kappa shape index (κ1) is 12.5. The molecule has 0 aliphatic heterocycles. The molecule has 0 aliphatic carbocycles. The minimum atomic E-state index is -0.669. The van der Waals surface area contributed by atoms with Gasteiger partial charge in [-0.15, -0.1) is 0 Å². The van der Waals surface area contributed by atoms with E-state index in [2.05, 4.69) is 0 Å². The molecule has 0 unspecified atom stereocenters. The Balaban J connectivity index is 2.18. The number of nitrogens with two attached hydrogens (primary N) is 1. The van der Waals surface area contributed by atoms with Crippen LogP contribution in [0.4, 0.5) is 8.78 Å². The average molecular weight is 249 g/mol. The van der Waals surface area contributed by atoms with Gasteiger partial charge in [0.15, 0.2) is 0 Å². The molecule has 18 heavy (non-hydrogen) atoms. The van der Waals surface area contributed by atoms with Gasteiger partial charge < -0.3 is 10.5 Å². The summed E-state index contributed by atoms with van der Waals surface area (Å²) >= 11 is 0. The molecule has 2 aromatic carbocycles. The molecule has 2 N–H and O–H groups in total. The fraction of sp³-hybridized carbons (Fsp3) is 0.143. The van der Waals surface area contributed by atoms with Crippen LogP contribution in [-0.4, -0.2) is 0 Å². The van der Waals surface area contributed by atoms with Crippen molar-refractivity contribution < 1.29 is 13.5 Å². The predicted octanol–water partition coefficient (Wildman–Crippen LogP) is 3.78. The summed E-state index contributed by atoms with van der Waals surface area (Å²) in [5.74, 6) is -0.708. The number of rotatable bonds is 3. The first-order chi connectivity index (χ1) is 8.54. The minimum Gasteiger partial charge on any atom is -0.457 e. The van der Waals surface area contributed by atoms with E-state index in [0.29, 0.717) is 5.75 Å². The van der Waals surface area contributed by atoms with E-state index in [-0.39, 0.29) is 11.8 Å². The van der Waals surface area contributed by atoms with Crippen LogP contribution in [0.25, 0.3) is 0 Å². The summed E-state index contributed by atoms with van der Waals surface area (Å²) in [4.78, 5) is 0. The highest BCUT2D eigenvalue weighted by Crippen LogP contribution is 2.24. The van der Waals surface area contributed by atoms with Gasteiger partial charge in [-0.1, -0.05) is 12.1 Å². The van der Waals surface area contributed by atoms with Crippen molar-refractivity contribution in [3.63, 3.8) is 0 Å². The number of hydrogen-bond donors (Lipinski definition) is 1. The second-order valence-corrected chi connectivity index (χ2v) is 4.06. The summed E-state index contributed by atoms with van der Waals surface area (Å²) in [5, 5.41) is 0.